The predicted molar refractivity (Wildman–Crippen MR) is 79.0 cm³/mol. The van der Waals surface area contributed by atoms with Crippen LogP contribution in [-0.2, 0) is 23.8 Å². The lowest BCUT2D eigenvalue weighted by Crippen LogP contribution is -2.31. The van der Waals surface area contributed by atoms with Crippen LogP contribution in [0, 0.1) is 5.92 Å². The summed E-state index contributed by atoms with van der Waals surface area (Å²) in [7, 11) is 0. The molecule has 0 bridgehead atoms. The highest BCUT2D eigenvalue weighted by Gasteiger charge is 2.04. The molecule has 21 heavy (non-hydrogen) atoms. The van der Waals surface area contributed by atoms with Crippen molar-refractivity contribution in [3.8, 4) is 0 Å². The molecule has 0 saturated heterocycles. The average molecular weight is 304 g/mol. The zero-order chi connectivity index (χ0) is 15.9. The van der Waals surface area contributed by atoms with E-state index in [-0.39, 0.29) is 24.3 Å². The van der Waals surface area contributed by atoms with E-state index in [2.05, 4.69) is 10.6 Å². The van der Waals surface area contributed by atoms with E-state index in [0.717, 1.165) is 0 Å². The van der Waals surface area contributed by atoms with Crippen molar-refractivity contribution < 1.29 is 23.8 Å². The van der Waals surface area contributed by atoms with Crippen molar-refractivity contribution in [2.45, 2.75) is 20.8 Å². The van der Waals surface area contributed by atoms with Gasteiger partial charge in [0.15, 0.2) is 0 Å². The molecule has 0 atom stereocenters. The number of carbonyl (C=O) groups is 2. The summed E-state index contributed by atoms with van der Waals surface area (Å²) in [6, 6.07) is 0. The summed E-state index contributed by atoms with van der Waals surface area (Å²) in [6.07, 6.45) is 0. The smallest absolute Gasteiger partial charge is 0.246 e. The Hall–Kier alpha value is -1.18. The van der Waals surface area contributed by atoms with Crippen molar-refractivity contribution in [2.24, 2.45) is 5.92 Å². The summed E-state index contributed by atoms with van der Waals surface area (Å²) in [5.41, 5.74) is 0. The van der Waals surface area contributed by atoms with Crippen LogP contribution in [0.4, 0.5) is 0 Å². The number of hydrogen-bond acceptors (Lipinski definition) is 5. The molecule has 0 fully saturated rings. The van der Waals surface area contributed by atoms with E-state index >= 15 is 0 Å². The summed E-state index contributed by atoms with van der Waals surface area (Å²) in [4.78, 5) is 22.4. The lowest BCUT2D eigenvalue weighted by atomic mass is 10.2. The minimum Gasteiger partial charge on any atom is -0.377 e. The Morgan fingerprint density at radius 2 is 1.48 bits per heavy atom. The van der Waals surface area contributed by atoms with Gasteiger partial charge in [0.25, 0.3) is 0 Å². The lowest BCUT2D eigenvalue weighted by Gasteiger charge is -2.09. The first-order valence-corrected chi connectivity index (χ1v) is 7.35. The Balaban J connectivity index is 3.19. The minimum atomic E-state index is -0.141. The van der Waals surface area contributed by atoms with Gasteiger partial charge in [0.2, 0.25) is 11.8 Å². The number of rotatable bonds is 13. The molecule has 0 aliphatic heterocycles. The highest BCUT2D eigenvalue weighted by atomic mass is 16.5. The molecule has 2 amide bonds. The molecule has 2 N–H and O–H groups in total. The number of carbonyl (C=O) groups excluding carboxylic acids is 2. The second-order valence-electron chi connectivity index (χ2n) is 4.66. The zero-order valence-corrected chi connectivity index (χ0v) is 13.3. The molecule has 0 aromatic carbocycles. The molecule has 0 aliphatic carbocycles. The van der Waals surface area contributed by atoms with Gasteiger partial charge in [-0.15, -0.1) is 0 Å². The number of nitrogens with one attached hydrogen (secondary N) is 2. The number of ether oxygens (including phenoxy) is 3. The minimum absolute atomic E-state index is 0.00808. The van der Waals surface area contributed by atoms with Crippen LogP contribution in [0.2, 0.25) is 0 Å². The summed E-state index contributed by atoms with van der Waals surface area (Å²) in [5, 5.41) is 5.43. The molecule has 0 unspecified atom stereocenters. The molecular weight excluding hydrogens is 276 g/mol. The molecule has 7 heteroatoms. The van der Waals surface area contributed by atoms with Crippen LogP contribution in [0.1, 0.15) is 20.8 Å². The molecule has 0 saturated carbocycles. The molecule has 0 rings (SSSR count). The molecule has 0 aromatic heterocycles. The maximum atomic E-state index is 11.2. The summed E-state index contributed by atoms with van der Waals surface area (Å²) in [6.45, 7) is 8.92. The Morgan fingerprint density at radius 3 is 2.00 bits per heavy atom. The normalized spacial score (nSPS) is 10.7. The lowest BCUT2D eigenvalue weighted by molar-refractivity contribution is -0.126. The summed E-state index contributed by atoms with van der Waals surface area (Å²) >= 11 is 0. The van der Waals surface area contributed by atoms with Crippen LogP contribution < -0.4 is 10.6 Å². The molecule has 124 valence electrons. The Bertz CT molecular complexity index is 285. The first-order chi connectivity index (χ1) is 10.1. The third-order valence-electron chi connectivity index (χ3n) is 2.45. The molecule has 0 heterocycles. The Morgan fingerprint density at radius 1 is 0.905 bits per heavy atom. The van der Waals surface area contributed by atoms with Gasteiger partial charge in [-0.3, -0.25) is 9.59 Å². The van der Waals surface area contributed by atoms with Gasteiger partial charge in [-0.05, 0) is 6.92 Å². The topological polar surface area (TPSA) is 85.9 Å². The van der Waals surface area contributed by atoms with E-state index in [1.165, 1.54) is 0 Å². The molecule has 0 aromatic rings. The quantitative estimate of drug-likeness (QED) is 0.466. The Labute approximate surface area is 126 Å². The Kier molecular flexibility index (Phi) is 13.0. The largest absolute Gasteiger partial charge is 0.377 e. The second kappa shape index (κ2) is 13.8. The van der Waals surface area contributed by atoms with Gasteiger partial charge >= 0.3 is 0 Å². The third kappa shape index (κ3) is 13.6. The van der Waals surface area contributed by atoms with Gasteiger partial charge in [0, 0.05) is 25.6 Å². The van der Waals surface area contributed by atoms with Gasteiger partial charge in [-0.25, -0.2) is 0 Å². The van der Waals surface area contributed by atoms with E-state index in [1.807, 2.05) is 20.8 Å². The molecular formula is C14H28N2O5. The number of amides is 2. The predicted octanol–water partition coefficient (Wildman–Crippen LogP) is -0.0555. The van der Waals surface area contributed by atoms with Gasteiger partial charge in [-0.2, -0.15) is 0 Å². The van der Waals surface area contributed by atoms with E-state index in [0.29, 0.717) is 46.1 Å². The van der Waals surface area contributed by atoms with Crippen molar-refractivity contribution >= 4 is 11.8 Å². The molecule has 7 nitrogen and oxygen atoms in total. The monoisotopic (exact) mass is 304 g/mol. The van der Waals surface area contributed by atoms with E-state index in [4.69, 9.17) is 14.2 Å². The van der Waals surface area contributed by atoms with Crippen molar-refractivity contribution in [3.05, 3.63) is 0 Å². The van der Waals surface area contributed by atoms with Gasteiger partial charge in [0.05, 0.1) is 26.4 Å². The maximum Gasteiger partial charge on any atom is 0.246 e. The van der Waals surface area contributed by atoms with Crippen molar-refractivity contribution in [1.82, 2.24) is 10.6 Å². The van der Waals surface area contributed by atoms with E-state index in [9.17, 15) is 9.59 Å². The summed E-state index contributed by atoms with van der Waals surface area (Å²) < 4.78 is 15.5. The zero-order valence-electron chi connectivity index (χ0n) is 13.3. The van der Waals surface area contributed by atoms with E-state index in [1.54, 1.807) is 0 Å². The third-order valence-corrected chi connectivity index (χ3v) is 2.45. The van der Waals surface area contributed by atoms with Gasteiger partial charge < -0.3 is 24.8 Å². The number of hydrogen-bond donors (Lipinski definition) is 2. The summed E-state index contributed by atoms with van der Waals surface area (Å²) in [5.74, 6) is -0.124. The van der Waals surface area contributed by atoms with Crippen molar-refractivity contribution in [3.63, 3.8) is 0 Å². The fourth-order valence-electron chi connectivity index (χ4n) is 1.28. The van der Waals surface area contributed by atoms with Crippen LogP contribution in [0.5, 0.6) is 0 Å². The van der Waals surface area contributed by atoms with Crippen LogP contribution in [0.3, 0.4) is 0 Å². The van der Waals surface area contributed by atoms with Gasteiger partial charge in [0.1, 0.15) is 6.61 Å². The fourth-order valence-corrected chi connectivity index (χ4v) is 1.28. The van der Waals surface area contributed by atoms with Crippen LogP contribution >= 0.6 is 0 Å². The molecule has 0 spiro atoms. The first-order valence-electron chi connectivity index (χ1n) is 7.35. The molecule has 0 aliphatic rings. The second-order valence-corrected chi connectivity index (χ2v) is 4.66. The van der Waals surface area contributed by atoms with E-state index < -0.39 is 0 Å². The van der Waals surface area contributed by atoms with Crippen molar-refractivity contribution in [2.75, 3.05) is 52.7 Å². The highest BCUT2D eigenvalue weighted by molar-refractivity contribution is 5.77. The van der Waals surface area contributed by atoms with Gasteiger partial charge in [-0.1, -0.05) is 13.8 Å². The van der Waals surface area contributed by atoms with Crippen molar-refractivity contribution in [1.29, 1.82) is 0 Å². The van der Waals surface area contributed by atoms with Crippen LogP contribution in [0.15, 0.2) is 0 Å². The van der Waals surface area contributed by atoms with Crippen LogP contribution in [0.25, 0.3) is 0 Å². The van der Waals surface area contributed by atoms with Crippen LogP contribution in [-0.4, -0.2) is 64.5 Å². The highest BCUT2D eigenvalue weighted by Crippen LogP contribution is 1.89. The standard InChI is InChI=1S/C14H28N2O5/c1-4-19-11-13(17)15-5-7-20-9-10-21-8-6-16-14(18)12(2)3/h12H,4-11H2,1-3H3,(H,15,17)(H,16,18). The molecule has 0 radical (unpaired) electrons. The average Bonchev–Trinajstić information content (AvgIpc) is 2.46. The maximum absolute atomic E-state index is 11.2. The fraction of sp³-hybridized carbons (Fsp3) is 0.857. The SMILES string of the molecule is CCOCC(=O)NCCOCCOCCNC(=O)C(C)C. The first kappa shape index (κ1) is 19.8.